The maximum absolute atomic E-state index is 12.5. The van der Waals surface area contributed by atoms with Gasteiger partial charge in [-0.2, -0.15) is 0 Å². The molecule has 0 unspecified atom stereocenters. The second-order valence-corrected chi connectivity index (χ2v) is 6.55. The van der Waals surface area contributed by atoms with E-state index in [0.717, 1.165) is 42.0 Å². The summed E-state index contributed by atoms with van der Waals surface area (Å²) in [6, 6.07) is 13.2. The molecule has 0 aromatic heterocycles. The van der Waals surface area contributed by atoms with Gasteiger partial charge in [-0.1, -0.05) is 25.1 Å². The van der Waals surface area contributed by atoms with E-state index in [1.807, 2.05) is 37.3 Å². The van der Waals surface area contributed by atoms with Gasteiger partial charge in [-0.15, -0.1) is 0 Å². The molecule has 1 aliphatic rings. The summed E-state index contributed by atoms with van der Waals surface area (Å²) in [6.45, 7) is 3.22. The first kappa shape index (κ1) is 18.9. The predicted molar refractivity (Wildman–Crippen MR) is 105 cm³/mol. The molecule has 6 heteroatoms. The average molecular weight is 367 g/mol. The first-order chi connectivity index (χ1) is 13.1. The molecule has 0 spiro atoms. The number of nitrogens with zero attached hydrogens (tertiary/aromatic N) is 1. The molecule has 3 rings (SSSR count). The zero-order valence-corrected chi connectivity index (χ0v) is 15.7. The highest BCUT2D eigenvalue weighted by molar-refractivity contribution is 5.97. The van der Waals surface area contributed by atoms with Crippen molar-refractivity contribution in [2.45, 2.75) is 32.7 Å². The van der Waals surface area contributed by atoms with Gasteiger partial charge in [0.05, 0.1) is 19.3 Å². The molecule has 6 nitrogen and oxygen atoms in total. The van der Waals surface area contributed by atoms with Gasteiger partial charge in [-0.25, -0.2) is 5.43 Å². The fourth-order valence-electron chi connectivity index (χ4n) is 3.10. The van der Waals surface area contributed by atoms with Crippen molar-refractivity contribution in [2.75, 3.05) is 18.6 Å². The molecule has 0 fully saturated rings. The lowest BCUT2D eigenvalue weighted by Gasteiger charge is -2.30. The molecule has 0 atom stereocenters. The van der Waals surface area contributed by atoms with E-state index in [1.165, 1.54) is 0 Å². The molecule has 2 aromatic carbocycles. The van der Waals surface area contributed by atoms with Crippen molar-refractivity contribution in [1.29, 1.82) is 0 Å². The number of nitrogens with one attached hydrogen (secondary N) is 2. The molecule has 2 aromatic rings. The highest BCUT2D eigenvalue weighted by Crippen LogP contribution is 2.32. The summed E-state index contributed by atoms with van der Waals surface area (Å²) in [5, 5.41) is 0. The van der Waals surface area contributed by atoms with Crippen molar-refractivity contribution >= 4 is 17.5 Å². The molecule has 27 heavy (non-hydrogen) atoms. The minimum Gasteiger partial charge on any atom is -0.497 e. The topological polar surface area (TPSA) is 70.7 Å². The molecule has 142 valence electrons. The molecule has 2 amide bonds. The van der Waals surface area contributed by atoms with Crippen LogP contribution in [-0.4, -0.2) is 25.5 Å². The second kappa shape index (κ2) is 8.68. The van der Waals surface area contributed by atoms with Gasteiger partial charge in [0.15, 0.2) is 0 Å². The van der Waals surface area contributed by atoms with Crippen LogP contribution >= 0.6 is 0 Å². The Morgan fingerprint density at radius 3 is 2.63 bits per heavy atom. The minimum absolute atomic E-state index is 0.0985. The number of fused-ring (bicyclic) bond motifs is 1. The smallest absolute Gasteiger partial charge is 0.265 e. The number of hydrazine groups is 1. The lowest BCUT2D eigenvalue weighted by Crippen LogP contribution is -2.37. The van der Waals surface area contributed by atoms with E-state index in [9.17, 15) is 9.59 Å². The molecule has 0 saturated heterocycles. The van der Waals surface area contributed by atoms with Crippen LogP contribution in [0.25, 0.3) is 0 Å². The van der Waals surface area contributed by atoms with Crippen LogP contribution in [-0.2, 0) is 17.8 Å². The van der Waals surface area contributed by atoms with Gasteiger partial charge < -0.3 is 9.64 Å². The van der Waals surface area contributed by atoms with Crippen molar-refractivity contribution < 1.29 is 14.3 Å². The Balaban J connectivity index is 1.74. The third kappa shape index (κ3) is 4.46. The van der Waals surface area contributed by atoms with Gasteiger partial charge in [0.2, 0.25) is 5.91 Å². The Kier molecular flexibility index (Phi) is 6.08. The normalized spacial score (nSPS) is 13.3. The maximum atomic E-state index is 12.5. The first-order valence-electron chi connectivity index (χ1n) is 9.21. The fraction of sp³-hybridized carbons (Fsp3) is 0.333. The van der Waals surface area contributed by atoms with Crippen LogP contribution in [0.3, 0.4) is 0 Å². The molecule has 0 radical (unpaired) electrons. The molecule has 0 aliphatic carbocycles. The molecule has 1 aliphatic heterocycles. The third-order valence-corrected chi connectivity index (χ3v) is 4.63. The first-order valence-corrected chi connectivity index (χ1v) is 9.21. The van der Waals surface area contributed by atoms with Crippen molar-refractivity contribution in [1.82, 2.24) is 10.9 Å². The van der Waals surface area contributed by atoms with E-state index in [4.69, 9.17) is 4.74 Å². The van der Waals surface area contributed by atoms with E-state index in [1.54, 1.807) is 24.1 Å². The molecule has 0 saturated carbocycles. The number of amides is 2. The Morgan fingerprint density at radius 2 is 1.93 bits per heavy atom. The van der Waals surface area contributed by atoms with Crippen LogP contribution in [0.2, 0.25) is 0 Å². The zero-order valence-electron chi connectivity index (χ0n) is 15.7. The number of carbonyl (C=O) groups is 2. The molecule has 0 bridgehead atoms. The Bertz CT molecular complexity index is 818. The SMILES string of the molecule is CCCNNC(=O)c1ccc(CN2C(=O)CCc3ccc(OC)cc32)cc1. The minimum atomic E-state index is -0.167. The Morgan fingerprint density at radius 1 is 1.15 bits per heavy atom. The van der Waals surface area contributed by atoms with E-state index in [2.05, 4.69) is 10.9 Å². The summed E-state index contributed by atoms with van der Waals surface area (Å²) < 4.78 is 5.31. The highest BCUT2D eigenvalue weighted by atomic mass is 16.5. The van der Waals surface area contributed by atoms with Gasteiger partial charge in [0.1, 0.15) is 5.75 Å². The predicted octanol–water partition coefficient (Wildman–Crippen LogP) is 2.82. The summed E-state index contributed by atoms with van der Waals surface area (Å²) in [6.07, 6.45) is 2.19. The number of hydrogen-bond acceptors (Lipinski definition) is 4. The monoisotopic (exact) mass is 367 g/mol. The van der Waals surface area contributed by atoms with Crippen molar-refractivity contribution in [3.05, 3.63) is 59.2 Å². The van der Waals surface area contributed by atoms with Gasteiger partial charge in [0, 0.05) is 24.6 Å². The van der Waals surface area contributed by atoms with E-state index >= 15 is 0 Å². The van der Waals surface area contributed by atoms with E-state index < -0.39 is 0 Å². The average Bonchev–Trinajstić information content (AvgIpc) is 2.70. The molecular formula is C21H25N3O3. The number of rotatable bonds is 7. The van der Waals surface area contributed by atoms with Crippen LogP contribution in [0.4, 0.5) is 5.69 Å². The Labute approximate surface area is 159 Å². The van der Waals surface area contributed by atoms with E-state index in [-0.39, 0.29) is 11.8 Å². The van der Waals surface area contributed by atoms with Crippen molar-refractivity contribution in [2.24, 2.45) is 0 Å². The number of carbonyl (C=O) groups excluding carboxylic acids is 2. The van der Waals surface area contributed by atoms with E-state index in [0.29, 0.717) is 18.5 Å². The summed E-state index contributed by atoms with van der Waals surface area (Å²) in [4.78, 5) is 26.3. The molecular weight excluding hydrogens is 342 g/mol. The lowest BCUT2D eigenvalue weighted by molar-refractivity contribution is -0.119. The zero-order chi connectivity index (χ0) is 19.2. The standard InChI is InChI=1S/C21H25N3O3/c1-3-12-22-23-21(26)17-6-4-15(5-7-17)14-24-19-13-18(27-2)10-8-16(19)9-11-20(24)25/h4-8,10,13,22H,3,9,11-12,14H2,1-2H3,(H,23,26). The van der Waals surface area contributed by atoms with Crippen molar-refractivity contribution in [3.8, 4) is 5.75 Å². The largest absolute Gasteiger partial charge is 0.497 e. The van der Waals surface area contributed by atoms with Crippen LogP contribution in [0.5, 0.6) is 5.75 Å². The number of benzene rings is 2. The maximum Gasteiger partial charge on any atom is 0.265 e. The Hall–Kier alpha value is -2.86. The molecule has 1 heterocycles. The number of hydrogen-bond donors (Lipinski definition) is 2. The van der Waals surface area contributed by atoms with Gasteiger partial charge >= 0.3 is 0 Å². The highest BCUT2D eigenvalue weighted by Gasteiger charge is 2.24. The number of ether oxygens (including phenoxy) is 1. The summed E-state index contributed by atoms with van der Waals surface area (Å²) >= 11 is 0. The third-order valence-electron chi connectivity index (χ3n) is 4.63. The van der Waals surface area contributed by atoms with Crippen LogP contribution in [0.15, 0.2) is 42.5 Å². The summed E-state index contributed by atoms with van der Waals surface area (Å²) in [5.74, 6) is 0.667. The van der Waals surface area contributed by atoms with Gasteiger partial charge in [0.25, 0.3) is 5.91 Å². The second-order valence-electron chi connectivity index (χ2n) is 6.55. The van der Waals surface area contributed by atoms with Gasteiger partial charge in [-0.3, -0.25) is 15.0 Å². The lowest BCUT2D eigenvalue weighted by atomic mass is 10.00. The van der Waals surface area contributed by atoms with Crippen LogP contribution in [0.1, 0.15) is 41.3 Å². The van der Waals surface area contributed by atoms with Gasteiger partial charge in [-0.05, 0) is 42.2 Å². The number of aryl methyl sites for hydroxylation is 1. The summed E-state index contributed by atoms with van der Waals surface area (Å²) in [5.41, 5.74) is 9.14. The summed E-state index contributed by atoms with van der Waals surface area (Å²) in [7, 11) is 1.62. The number of methoxy groups -OCH3 is 1. The quantitative estimate of drug-likeness (QED) is 0.583. The number of anilines is 1. The fourth-order valence-corrected chi connectivity index (χ4v) is 3.10. The molecule has 2 N–H and O–H groups in total. The van der Waals surface area contributed by atoms with Crippen molar-refractivity contribution in [3.63, 3.8) is 0 Å². The van der Waals surface area contributed by atoms with Crippen LogP contribution in [0, 0.1) is 0 Å². The van der Waals surface area contributed by atoms with Crippen LogP contribution < -0.4 is 20.5 Å².